The molecule has 124 valence electrons. The minimum absolute atomic E-state index is 0.214. The van der Waals surface area contributed by atoms with E-state index in [2.05, 4.69) is 4.98 Å². The number of nitrogens with zero attached hydrogens (tertiary/aromatic N) is 2. The van der Waals surface area contributed by atoms with Gasteiger partial charge in [-0.2, -0.15) is 0 Å². The van der Waals surface area contributed by atoms with E-state index in [4.69, 9.17) is 9.47 Å². The van der Waals surface area contributed by atoms with E-state index in [-0.39, 0.29) is 5.75 Å². The molecule has 3 rings (SSSR count). The number of rotatable bonds is 5. The molecular weight excluding hydrogens is 304 g/mol. The van der Waals surface area contributed by atoms with Gasteiger partial charge in [0.1, 0.15) is 23.1 Å². The minimum Gasteiger partial charge on any atom is -0.508 e. The van der Waals surface area contributed by atoms with Crippen LogP contribution in [0.4, 0.5) is 5.82 Å². The van der Waals surface area contributed by atoms with Gasteiger partial charge in [0.2, 0.25) is 0 Å². The number of fused-ring (bicyclic) bond motifs is 1. The lowest BCUT2D eigenvalue weighted by Gasteiger charge is -2.20. The van der Waals surface area contributed by atoms with Gasteiger partial charge in [-0.3, -0.25) is 0 Å². The first kappa shape index (κ1) is 15.9. The number of anilines is 1. The molecule has 2 aromatic carbocycles. The normalized spacial score (nSPS) is 10.6. The highest BCUT2D eigenvalue weighted by Crippen LogP contribution is 2.27. The summed E-state index contributed by atoms with van der Waals surface area (Å²) in [5.41, 5.74) is 1.81. The van der Waals surface area contributed by atoms with Gasteiger partial charge < -0.3 is 19.5 Å². The summed E-state index contributed by atoms with van der Waals surface area (Å²) in [6.45, 7) is 0.643. The molecule has 1 aromatic heterocycles. The maximum atomic E-state index is 9.63. The van der Waals surface area contributed by atoms with Crippen LogP contribution >= 0.6 is 0 Å². The smallest absolute Gasteiger partial charge is 0.129 e. The molecule has 5 nitrogen and oxygen atoms in total. The molecular formula is C19H20N2O3. The highest BCUT2D eigenvalue weighted by Gasteiger charge is 2.10. The summed E-state index contributed by atoms with van der Waals surface area (Å²) in [7, 11) is 5.25. The van der Waals surface area contributed by atoms with Crippen molar-refractivity contribution in [2.75, 3.05) is 26.2 Å². The lowest BCUT2D eigenvalue weighted by Crippen LogP contribution is -2.18. The van der Waals surface area contributed by atoms with Crippen LogP contribution < -0.4 is 14.4 Å². The van der Waals surface area contributed by atoms with Crippen molar-refractivity contribution in [3.63, 3.8) is 0 Å². The number of phenols is 1. The van der Waals surface area contributed by atoms with Crippen LogP contribution in [0.1, 0.15) is 5.56 Å². The molecule has 3 aromatic rings. The van der Waals surface area contributed by atoms with E-state index in [1.54, 1.807) is 26.4 Å². The van der Waals surface area contributed by atoms with Crippen molar-refractivity contribution in [2.45, 2.75) is 6.54 Å². The van der Waals surface area contributed by atoms with E-state index in [0.717, 1.165) is 33.8 Å². The molecule has 0 amide bonds. The second-order valence-electron chi connectivity index (χ2n) is 5.58. The van der Waals surface area contributed by atoms with Gasteiger partial charge in [-0.25, -0.2) is 4.98 Å². The number of hydrogen-bond acceptors (Lipinski definition) is 5. The highest BCUT2D eigenvalue weighted by molar-refractivity contribution is 5.81. The summed E-state index contributed by atoms with van der Waals surface area (Å²) >= 11 is 0. The first-order chi connectivity index (χ1) is 11.6. The van der Waals surface area contributed by atoms with Crippen molar-refractivity contribution in [3.8, 4) is 17.2 Å². The van der Waals surface area contributed by atoms with Crippen LogP contribution in [0.3, 0.4) is 0 Å². The average Bonchev–Trinajstić information content (AvgIpc) is 2.61. The number of pyridine rings is 1. The van der Waals surface area contributed by atoms with Gasteiger partial charge in [-0.15, -0.1) is 0 Å². The van der Waals surface area contributed by atoms with E-state index in [1.807, 2.05) is 48.3 Å². The van der Waals surface area contributed by atoms with Crippen LogP contribution in [-0.4, -0.2) is 31.4 Å². The topological polar surface area (TPSA) is 54.8 Å². The van der Waals surface area contributed by atoms with E-state index in [9.17, 15) is 5.11 Å². The van der Waals surface area contributed by atoms with Gasteiger partial charge in [0.15, 0.2) is 0 Å². The third-order valence-corrected chi connectivity index (χ3v) is 3.95. The molecule has 0 radical (unpaired) electrons. The Bertz CT molecular complexity index is 864. The molecule has 0 fully saturated rings. The molecule has 1 N–H and O–H groups in total. The van der Waals surface area contributed by atoms with Crippen molar-refractivity contribution in [2.24, 2.45) is 0 Å². The summed E-state index contributed by atoms with van der Waals surface area (Å²) in [4.78, 5) is 6.66. The monoisotopic (exact) mass is 324 g/mol. The zero-order chi connectivity index (χ0) is 17.1. The average molecular weight is 324 g/mol. The van der Waals surface area contributed by atoms with Gasteiger partial charge in [-0.1, -0.05) is 0 Å². The third kappa shape index (κ3) is 3.20. The Morgan fingerprint density at radius 2 is 1.79 bits per heavy atom. The van der Waals surface area contributed by atoms with Crippen LogP contribution in [0.25, 0.3) is 10.9 Å². The first-order valence-electron chi connectivity index (χ1n) is 7.62. The molecule has 0 unspecified atom stereocenters. The van der Waals surface area contributed by atoms with Crippen molar-refractivity contribution >= 4 is 16.7 Å². The molecule has 0 aliphatic carbocycles. The molecule has 24 heavy (non-hydrogen) atoms. The molecule has 0 atom stereocenters. The maximum Gasteiger partial charge on any atom is 0.129 e. The van der Waals surface area contributed by atoms with Crippen LogP contribution in [0.5, 0.6) is 17.2 Å². The lowest BCUT2D eigenvalue weighted by molar-refractivity contribution is 0.391. The molecule has 0 saturated heterocycles. The van der Waals surface area contributed by atoms with E-state index < -0.39 is 0 Å². The third-order valence-electron chi connectivity index (χ3n) is 3.95. The quantitative estimate of drug-likeness (QED) is 0.777. The second kappa shape index (κ2) is 6.66. The fraction of sp³-hybridized carbons (Fsp3) is 0.211. The second-order valence-corrected chi connectivity index (χ2v) is 5.58. The number of aromatic nitrogens is 1. The first-order valence-corrected chi connectivity index (χ1v) is 7.62. The molecule has 5 heteroatoms. The van der Waals surface area contributed by atoms with E-state index >= 15 is 0 Å². The summed E-state index contributed by atoms with van der Waals surface area (Å²) in [5, 5.41) is 10.6. The predicted octanol–water partition coefficient (Wildman–Crippen LogP) is 3.59. The molecule has 0 aliphatic rings. The Hall–Kier alpha value is -2.95. The largest absolute Gasteiger partial charge is 0.508 e. The Balaban J connectivity index is 1.88. The molecule has 1 heterocycles. The summed E-state index contributed by atoms with van der Waals surface area (Å²) < 4.78 is 10.7. The molecule has 0 spiro atoms. The van der Waals surface area contributed by atoms with Crippen molar-refractivity contribution in [1.29, 1.82) is 0 Å². The van der Waals surface area contributed by atoms with Gasteiger partial charge >= 0.3 is 0 Å². The minimum atomic E-state index is 0.214. The van der Waals surface area contributed by atoms with Crippen molar-refractivity contribution in [1.82, 2.24) is 4.98 Å². The fourth-order valence-electron chi connectivity index (χ4n) is 2.63. The fourth-order valence-corrected chi connectivity index (χ4v) is 2.63. The highest BCUT2D eigenvalue weighted by atomic mass is 16.5. The van der Waals surface area contributed by atoms with Crippen LogP contribution in [0, 0.1) is 0 Å². The number of phenolic OH excluding ortho intramolecular Hbond substituents is 1. The van der Waals surface area contributed by atoms with Gasteiger partial charge in [-0.05, 0) is 36.4 Å². The SMILES string of the molecule is COc1ccc(CN(C)c2ccc3ccc(O)cc3n2)c(OC)c1. The number of methoxy groups -OCH3 is 2. The predicted molar refractivity (Wildman–Crippen MR) is 95.1 cm³/mol. The van der Waals surface area contributed by atoms with Crippen molar-refractivity contribution < 1.29 is 14.6 Å². The number of aromatic hydroxyl groups is 1. The van der Waals surface area contributed by atoms with Gasteiger partial charge in [0.05, 0.1) is 19.7 Å². The summed E-state index contributed by atoms with van der Waals surface area (Å²) in [5.74, 6) is 2.58. The zero-order valence-electron chi connectivity index (χ0n) is 14.0. The van der Waals surface area contributed by atoms with Crippen molar-refractivity contribution in [3.05, 3.63) is 54.1 Å². The van der Waals surface area contributed by atoms with Crippen LogP contribution in [-0.2, 0) is 6.54 Å². The number of benzene rings is 2. The van der Waals surface area contributed by atoms with Crippen LogP contribution in [0.15, 0.2) is 48.5 Å². The summed E-state index contributed by atoms with van der Waals surface area (Å²) in [6, 6.07) is 14.9. The van der Waals surface area contributed by atoms with E-state index in [0.29, 0.717) is 6.54 Å². The Kier molecular flexibility index (Phi) is 4.42. The van der Waals surface area contributed by atoms with Gasteiger partial charge in [0.25, 0.3) is 0 Å². The molecule has 0 bridgehead atoms. The zero-order valence-corrected chi connectivity index (χ0v) is 14.0. The number of ether oxygens (including phenoxy) is 2. The number of hydrogen-bond donors (Lipinski definition) is 1. The standard InChI is InChI=1S/C19H20N2O3/c1-21(12-14-5-8-16(23-2)11-18(14)24-3)19-9-6-13-4-7-15(22)10-17(13)20-19/h4-11,22H,12H2,1-3H3. The molecule has 0 saturated carbocycles. The van der Waals surface area contributed by atoms with Crippen LogP contribution in [0.2, 0.25) is 0 Å². The Labute approximate surface area is 141 Å². The van der Waals surface area contributed by atoms with E-state index in [1.165, 1.54) is 0 Å². The molecule has 0 aliphatic heterocycles. The summed E-state index contributed by atoms with van der Waals surface area (Å²) in [6.07, 6.45) is 0. The Morgan fingerprint density at radius 3 is 2.54 bits per heavy atom. The Morgan fingerprint density at radius 1 is 1.00 bits per heavy atom. The maximum absolute atomic E-state index is 9.63. The lowest BCUT2D eigenvalue weighted by atomic mass is 10.1. The van der Waals surface area contributed by atoms with Gasteiger partial charge in [0, 0.05) is 36.7 Å².